The summed E-state index contributed by atoms with van der Waals surface area (Å²) >= 11 is 0. The summed E-state index contributed by atoms with van der Waals surface area (Å²) in [5, 5.41) is 0. The smallest absolute Gasteiger partial charge is 0.226 e. The first kappa shape index (κ1) is 23.8. The van der Waals surface area contributed by atoms with Gasteiger partial charge in [0.05, 0.1) is 12.4 Å². The molecule has 4 heteroatoms. The number of oxazole rings is 2. The third-order valence-corrected chi connectivity index (χ3v) is 6.46. The van der Waals surface area contributed by atoms with Crippen LogP contribution in [-0.2, 0) is 10.8 Å². The highest BCUT2D eigenvalue weighted by Gasteiger charge is 2.16. The molecule has 5 aromatic rings. The van der Waals surface area contributed by atoms with Crippen LogP contribution in [0, 0.1) is 0 Å². The Bertz CT molecular complexity index is 1340. The molecule has 0 aliphatic heterocycles. The fourth-order valence-corrected chi connectivity index (χ4v) is 4.11. The van der Waals surface area contributed by atoms with E-state index in [0.717, 1.165) is 33.8 Å². The molecule has 0 saturated heterocycles. The van der Waals surface area contributed by atoms with E-state index in [9.17, 15) is 0 Å². The van der Waals surface area contributed by atoms with E-state index in [1.54, 1.807) is 12.4 Å². The van der Waals surface area contributed by atoms with Crippen molar-refractivity contribution in [2.45, 2.75) is 52.4 Å². The summed E-state index contributed by atoms with van der Waals surface area (Å²) in [6.07, 6.45) is 3.56. The summed E-state index contributed by atoms with van der Waals surface area (Å²) in [4.78, 5) is 9.00. The molecule has 0 unspecified atom stereocenters. The van der Waals surface area contributed by atoms with E-state index in [4.69, 9.17) is 8.83 Å². The van der Waals surface area contributed by atoms with Gasteiger partial charge in [0.2, 0.25) is 11.8 Å². The maximum atomic E-state index is 6.07. The Labute approximate surface area is 213 Å². The van der Waals surface area contributed by atoms with Gasteiger partial charge in [-0.2, -0.15) is 0 Å². The van der Waals surface area contributed by atoms with Gasteiger partial charge in [0, 0.05) is 22.3 Å². The van der Waals surface area contributed by atoms with Crippen molar-refractivity contribution in [3.05, 3.63) is 96.3 Å². The standard InChI is InChI=1S/C32H32N2O2/c1-31(2,3)25-15-11-21(12-16-25)27-19-33-29(35-27)23-7-9-24(10-8-23)30-34-20-28(36-30)22-13-17-26(18-14-22)32(4,5)6/h7-20H,1-6H3. The molecule has 36 heavy (non-hydrogen) atoms. The molecule has 2 heterocycles. The number of aromatic nitrogens is 2. The fraction of sp³-hybridized carbons (Fsp3) is 0.250. The van der Waals surface area contributed by atoms with Gasteiger partial charge in [-0.25, -0.2) is 9.97 Å². The zero-order chi connectivity index (χ0) is 25.5. The van der Waals surface area contributed by atoms with E-state index in [2.05, 4.69) is 100 Å². The highest BCUT2D eigenvalue weighted by molar-refractivity contribution is 5.66. The topological polar surface area (TPSA) is 52.1 Å². The van der Waals surface area contributed by atoms with Gasteiger partial charge in [0.1, 0.15) is 0 Å². The largest absolute Gasteiger partial charge is 0.436 e. The molecule has 0 fully saturated rings. The average Bonchev–Trinajstić information content (AvgIpc) is 3.54. The molecule has 0 aliphatic rings. The number of hydrogen-bond acceptors (Lipinski definition) is 4. The molecule has 0 radical (unpaired) electrons. The minimum absolute atomic E-state index is 0.118. The van der Waals surface area contributed by atoms with Gasteiger partial charge < -0.3 is 8.83 Å². The first-order valence-electron chi connectivity index (χ1n) is 12.3. The molecule has 182 valence electrons. The molecule has 2 aromatic heterocycles. The number of hydrogen-bond donors (Lipinski definition) is 0. The first-order valence-corrected chi connectivity index (χ1v) is 12.3. The first-order chi connectivity index (χ1) is 17.1. The zero-order valence-corrected chi connectivity index (χ0v) is 21.8. The summed E-state index contributed by atoms with van der Waals surface area (Å²) < 4.78 is 12.1. The summed E-state index contributed by atoms with van der Waals surface area (Å²) in [6, 6.07) is 24.9. The Kier molecular flexibility index (Phi) is 5.91. The lowest BCUT2D eigenvalue weighted by Crippen LogP contribution is -2.10. The molecule has 3 aromatic carbocycles. The molecule has 0 saturated carbocycles. The second-order valence-electron chi connectivity index (χ2n) is 11.3. The molecule has 4 nitrogen and oxygen atoms in total. The van der Waals surface area contributed by atoms with E-state index in [1.165, 1.54) is 11.1 Å². The highest BCUT2D eigenvalue weighted by Crippen LogP contribution is 2.32. The molecular formula is C32H32N2O2. The Morgan fingerprint density at radius 2 is 0.750 bits per heavy atom. The molecule has 0 bridgehead atoms. The van der Waals surface area contributed by atoms with Gasteiger partial charge in [0.25, 0.3) is 0 Å². The van der Waals surface area contributed by atoms with Crippen molar-refractivity contribution in [1.29, 1.82) is 0 Å². The predicted molar refractivity (Wildman–Crippen MR) is 146 cm³/mol. The summed E-state index contributed by atoms with van der Waals surface area (Å²) in [5.41, 5.74) is 6.65. The highest BCUT2D eigenvalue weighted by atomic mass is 16.4. The maximum absolute atomic E-state index is 6.07. The second-order valence-corrected chi connectivity index (χ2v) is 11.3. The zero-order valence-electron chi connectivity index (χ0n) is 21.8. The van der Waals surface area contributed by atoms with Crippen LogP contribution < -0.4 is 0 Å². The Balaban J connectivity index is 1.32. The van der Waals surface area contributed by atoms with E-state index in [0.29, 0.717) is 11.8 Å². The van der Waals surface area contributed by atoms with Crippen LogP contribution in [0.3, 0.4) is 0 Å². The van der Waals surface area contributed by atoms with Gasteiger partial charge in [-0.1, -0.05) is 90.1 Å². The van der Waals surface area contributed by atoms with Gasteiger partial charge in [-0.15, -0.1) is 0 Å². The summed E-state index contributed by atoms with van der Waals surface area (Å²) in [5.74, 6) is 2.68. The minimum atomic E-state index is 0.118. The molecule has 0 spiro atoms. The number of rotatable bonds is 4. The number of benzene rings is 3. The predicted octanol–water partition coefficient (Wildman–Crippen LogP) is 8.93. The lowest BCUT2D eigenvalue weighted by Gasteiger charge is -2.18. The van der Waals surface area contributed by atoms with E-state index < -0.39 is 0 Å². The lowest BCUT2D eigenvalue weighted by molar-refractivity contribution is 0.584. The molecule has 0 amide bonds. The molecule has 0 N–H and O–H groups in total. The third kappa shape index (κ3) is 4.90. The molecule has 5 rings (SSSR count). The fourth-order valence-electron chi connectivity index (χ4n) is 4.11. The molecule has 0 atom stereocenters. The maximum Gasteiger partial charge on any atom is 0.226 e. The normalized spacial score (nSPS) is 12.2. The quantitative estimate of drug-likeness (QED) is 0.260. The number of nitrogens with zero attached hydrogens (tertiary/aromatic N) is 2. The second kappa shape index (κ2) is 8.94. The Hall–Kier alpha value is -3.92. The van der Waals surface area contributed by atoms with Crippen LogP contribution in [0.1, 0.15) is 52.7 Å². The monoisotopic (exact) mass is 476 g/mol. The molecular weight excluding hydrogens is 444 g/mol. The Morgan fingerprint density at radius 1 is 0.444 bits per heavy atom. The van der Waals surface area contributed by atoms with Gasteiger partial charge in [-0.05, 0) is 46.2 Å². The average molecular weight is 477 g/mol. The minimum Gasteiger partial charge on any atom is -0.436 e. The lowest BCUT2D eigenvalue weighted by atomic mass is 9.86. The van der Waals surface area contributed by atoms with Crippen LogP contribution in [0.5, 0.6) is 0 Å². The SMILES string of the molecule is CC(C)(C)c1ccc(-c2cnc(-c3ccc(-c4ncc(-c5ccc(C(C)(C)C)cc5)o4)cc3)o2)cc1. The van der Waals surface area contributed by atoms with E-state index >= 15 is 0 Å². The van der Waals surface area contributed by atoms with Crippen molar-refractivity contribution in [2.24, 2.45) is 0 Å². The van der Waals surface area contributed by atoms with Crippen LogP contribution in [0.15, 0.2) is 94.0 Å². The van der Waals surface area contributed by atoms with Crippen LogP contribution in [0.4, 0.5) is 0 Å². The van der Waals surface area contributed by atoms with Gasteiger partial charge >= 0.3 is 0 Å². The summed E-state index contributed by atoms with van der Waals surface area (Å²) in [6.45, 7) is 13.3. The molecule has 0 aliphatic carbocycles. The van der Waals surface area contributed by atoms with Crippen molar-refractivity contribution >= 4 is 0 Å². The van der Waals surface area contributed by atoms with E-state index in [-0.39, 0.29) is 10.8 Å². The third-order valence-electron chi connectivity index (χ3n) is 6.46. The van der Waals surface area contributed by atoms with Crippen LogP contribution in [-0.4, -0.2) is 9.97 Å². The van der Waals surface area contributed by atoms with Crippen molar-refractivity contribution < 1.29 is 8.83 Å². The Morgan fingerprint density at radius 3 is 1.06 bits per heavy atom. The van der Waals surface area contributed by atoms with Gasteiger partial charge in [-0.3, -0.25) is 0 Å². The van der Waals surface area contributed by atoms with Crippen molar-refractivity contribution in [3.63, 3.8) is 0 Å². The van der Waals surface area contributed by atoms with Crippen LogP contribution in [0.2, 0.25) is 0 Å². The van der Waals surface area contributed by atoms with E-state index in [1.807, 2.05) is 24.3 Å². The van der Waals surface area contributed by atoms with Crippen molar-refractivity contribution in [3.8, 4) is 45.6 Å². The van der Waals surface area contributed by atoms with Gasteiger partial charge in [0.15, 0.2) is 11.5 Å². The van der Waals surface area contributed by atoms with Crippen LogP contribution >= 0.6 is 0 Å². The van der Waals surface area contributed by atoms with Crippen molar-refractivity contribution in [1.82, 2.24) is 9.97 Å². The van der Waals surface area contributed by atoms with Crippen molar-refractivity contribution in [2.75, 3.05) is 0 Å². The summed E-state index contributed by atoms with van der Waals surface area (Å²) in [7, 11) is 0. The van der Waals surface area contributed by atoms with Crippen LogP contribution in [0.25, 0.3) is 45.6 Å².